The van der Waals surface area contributed by atoms with Crippen molar-refractivity contribution in [1.29, 1.82) is 0 Å². The van der Waals surface area contributed by atoms with Gasteiger partial charge in [-0.15, -0.1) is 0 Å². The fourth-order valence-electron chi connectivity index (χ4n) is 3.24. The summed E-state index contributed by atoms with van der Waals surface area (Å²) in [5, 5.41) is 4.92. The van der Waals surface area contributed by atoms with Gasteiger partial charge in [0, 0.05) is 17.5 Å². The number of para-hydroxylation sites is 1. The van der Waals surface area contributed by atoms with Crippen LogP contribution in [0.5, 0.6) is 11.5 Å². The summed E-state index contributed by atoms with van der Waals surface area (Å²) < 4.78 is 22.1. The average molecular weight is 406 g/mol. The molecule has 2 aromatic carbocycles. The largest absolute Gasteiger partial charge is 0.493 e. The van der Waals surface area contributed by atoms with Gasteiger partial charge in [0.05, 0.1) is 12.2 Å². The van der Waals surface area contributed by atoms with Crippen LogP contribution in [0.4, 0.5) is 0 Å². The lowest BCUT2D eigenvalue weighted by molar-refractivity contribution is 0.243. The molecule has 0 radical (unpaired) electrons. The van der Waals surface area contributed by atoms with Crippen LogP contribution in [0.3, 0.4) is 0 Å². The van der Waals surface area contributed by atoms with Gasteiger partial charge >= 0.3 is 5.63 Å². The molecule has 2 aromatic heterocycles. The molecule has 0 aliphatic rings. The molecular formula is C23H22N2O5. The van der Waals surface area contributed by atoms with Crippen LogP contribution in [0.2, 0.25) is 0 Å². The zero-order valence-corrected chi connectivity index (χ0v) is 17.0. The van der Waals surface area contributed by atoms with Gasteiger partial charge in [0.2, 0.25) is 5.82 Å². The summed E-state index contributed by atoms with van der Waals surface area (Å²) in [5.41, 5.74) is 1.81. The Hall–Kier alpha value is -3.61. The summed E-state index contributed by atoms with van der Waals surface area (Å²) in [4.78, 5) is 16.3. The lowest BCUT2D eigenvalue weighted by Crippen LogP contribution is -2.02. The summed E-state index contributed by atoms with van der Waals surface area (Å²) in [5.74, 6) is 2.21. The molecule has 0 aliphatic heterocycles. The molecule has 7 nitrogen and oxygen atoms in total. The third-order valence-corrected chi connectivity index (χ3v) is 4.63. The molecule has 0 aliphatic carbocycles. The minimum atomic E-state index is -0.377. The maximum Gasteiger partial charge on any atom is 0.336 e. The van der Waals surface area contributed by atoms with Gasteiger partial charge in [0.1, 0.15) is 17.1 Å². The van der Waals surface area contributed by atoms with Crippen LogP contribution in [-0.2, 0) is 6.61 Å². The van der Waals surface area contributed by atoms with E-state index in [4.69, 9.17) is 18.4 Å². The second-order valence-corrected chi connectivity index (χ2v) is 7.06. The normalized spacial score (nSPS) is 11.2. The average Bonchev–Trinajstić information content (AvgIpc) is 3.21. The molecule has 0 N–H and O–H groups in total. The predicted octanol–water partition coefficient (Wildman–Crippen LogP) is 4.94. The van der Waals surface area contributed by atoms with Crippen LogP contribution in [0.15, 0.2) is 62.3 Å². The maximum absolute atomic E-state index is 11.9. The van der Waals surface area contributed by atoms with Gasteiger partial charge in [-0.1, -0.05) is 31.1 Å². The third-order valence-electron chi connectivity index (χ3n) is 4.63. The molecule has 0 unspecified atom stereocenters. The van der Waals surface area contributed by atoms with E-state index >= 15 is 0 Å². The molecule has 0 bridgehead atoms. The Bertz CT molecular complexity index is 1230. The minimum absolute atomic E-state index is 0.0867. The molecule has 0 atom stereocenters. The van der Waals surface area contributed by atoms with E-state index in [0.29, 0.717) is 35.4 Å². The first-order chi connectivity index (χ1) is 14.5. The number of nitrogens with zero attached hydrogens (tertiary/aromatic N) is 2. The zero-order chi connectivity index (χ0) is 21.1. The van der Waals surface area contributed by atoms with Crippen molar-refractivity contribution >= 4 is 11.0 Å². The fourth-order valence-corrected chi connectivity index (χ4v) is 3.24. The quantitative estimate of drug-likeness (QED) is 0.402. The van der Waals surface area contributed by atoms with Crippen LogP contribution in [-0.4, -0.2) is 16.7 Å². The SMILES string of the molecule is CCOc1ccccc1-c1noc(COc2ccc3c(C(C)C)cc(=O)oc3c2)n1. The van der Waals surface area contributed by atoms with Gasteiger partial charge in [-0.25, -0.2) is 4.79 Å². The third kappa shape index (κ3) is 4.05. The molecule has 4 aromatic rings. The Morgan fingerprint density at radius 1 is 1.07 bits per heavy atom. The van der Waals surface area contributed by atoms with E-state index in [-0.39, 0.29) is 18.2 Å². The summed E-state index contributed by atoms with van der Waals surface area (Å²) in [6.07, 6.45) is 0. The van der Waals surface area contributed by atoms with Crippen molar-refractivity contribution in [2.45, 2.75) is 33.3 Å². The van der Waals surface area contributed by atoms with Crippen molar-refractivity contribution in [2.75, 3.05) is 6.61 Å². The van der Waals surface area contributed by atoms with Gasteiger partial charge in [-0.3, -0.25) is 0 Å². The zero-order valence-electron chi connectivity index (χ0n) is 17.0. The molecule has 0 spiro atoms. The van der Waals surface area contributed by atoms with Crippen LogP contribution in [0.1, 0.15) is 38.1 Å². The number of rotatable bonds is 7. The number of hydrogen-bond acceptors (Lipinski definition) is 7. The van der Waals surface area contributed by atoms with Crippen molar-refractivity contribution in [3.63, 3.8) is 0 Å². The Labute approximate surface area is 173 Å². The Balaban J connectivity index is 1.53. The molecule has 154 valence electrons. The first-order valence-electron chi connectivity index (χ1n) is 9.80. The van der Waals surface area contributed by atoms with Crippen molar-refractivity contribution in [1.82, 2.24) is 10.1 Å². The highest BCUT2D eigenvalue weighted by molar-refractivity contribution is 5.82. The molecular weight excluding hydrogens is 384 g/mol. The Kier molecular flexibility index (Phi) is 5.52. The van der Waals surface area contributed by atoms with Crippen molar-refractivity contribution < 1.29 is 18.4 Å². The highest BCUT2D eigenvalue weighted by Crippen LogP contribution is 2.29. The molecule has 0 fully saturated rings. The first-order valence-corrected chi connectivity index (χ1v) is 9.80. The molecule has 2 heterocycles. The van der Waals surface area contributed by atoms with Crippen molar-refractivity contribution in [2.24, 2.45) is 0 Å². The molecule has 4 rings (SSSR count). The number of aromatic nitrogens is 2. The van der Waals surface area contributed by atoms with Gasteiger partial charge in [0.15, 0.2) is 6.61 Å². The van der Waals surface area contributed by atoms with Crippen LogP contribution in [0, 0.1) is 0 Å². The van der Waals surface area contributed by atoms with E-state index in [1.165, 1.54) is 6.07 Å². The van der Waals surface area contributed by atoms with E-state index in [0.717, 1.165) is 16.5 Å². The molecule has 0 amide bonds. The molecule has 30 heavy (non-hydrogen) atoms. The van der Waals surface area contributed by atoms with Gasteiger partial charge < -0.3 is 18.4 Å². The fraction of sp³-hybridized carbons (Fsp3) is 0.261. The van der Waals surface area contributed by atoms with Crippen LogP contribution in [0.25, 0.3) is 22.4 Å². The summed E-state index contributed by atoms with van der Waals surface area (Å²) in [7, 11) is 0. The number of fused-ring (bicyclic) bond motifs is 1. The second-order valence-electron chi connectivity index (χ2n) is 7.06. The van der Waals surface area contributed by atoms with Gasteiger partial charge in [-0.05, 0) is 42.7 Å². The van der Waals surface area contributed by atoms with Crippen molar-refractivity contribution in [3.05, 3.63) is 70.4 Å². The lowest BCUT2D eigenvalue weighted by Gasteiger charge is -2.10. The lowest BCUT2D eigenvalue weighted by atomic mass is 10.00. The summed E-state index contributed by atoms with van der Waals surface area (Å²) in [6.45, 7) is 6.62. The Morgan fingerprint density at radius 2 is 1.90 bits per heavy atom. The smallest absolute Gasteiger partial charge is 0.336 e. The van der Waals surface area contributed by atoms with Gasteiger partial charge in [-0.2, -0.15) is 4.98 Å². The van der Waals surface area contributed by atoms with Gasteiger partial charge in [0.25, 0.3) is 5.89 Å². The monoisotopic (exact) mass is 406 g/mol. The van der Waals surface area contributed by atoms with E-state index in [9.17, 15) is 4.79 Å². The minimum Gasteiger partial charge on any atom is -0.493 e. The predicted molar refractivity (Wildman–Crippen MR) is 112 cm³/mol. The van der Waals surface area contributed by atoms with E-state index in [2.05, 4.69) is 10.1 Å². The molecule has 0 saturated heterocycles. The summed E-state index contributed by atoms with van der Waals surface area (Å²) >= 11 is 0. The molecule has 0 saturated carbocycles. The van der Waals surface area contributed by atoms with E-state index < -0.39 is 0 Å². The number of ether oxygens (including phenoxy) is 2. The maximum atomic E-state index is 11.9. The van der Waals surface area contributed by atoms with Crippen LogP contribution >= 0.6 is 0 Å². The Morgan fingerprint density at radius 3 is 2.70 bits per heavy atom. The van der Waals surface area contributed by atoms with Crippen molar-refractivity contribution in [3.8, 4) is 22.9 Å². The topological polar surface area (TPSA) is 87.6 Å². The molecule has 7 heteroatoms. The number of benzene rings is 2. The highest BCUT2D eigenvalue weighted by atomic mass is 16.5. The second kappa shape index (κ2) is 8.41. The number of hydrogen-bond donors (Lipinski definition) is 0. The van der Waals surface area contributed by atoms with E-state index in [1.807, 2.05) is 57.2 Å². The van der Waals surface area contributed by atoms with E-state index in [1.54, 1.807) is 6.07 Å². The first kappa shape index (κ1) is 19.7. The summed E-state index contributed by atoms with van der Waals surface area (Å²) in [6, 6.07) is 14.5. The van der Waals surface area contributed by atoms with Crippen LogP contribution < -0.4 is 15.1 Å². The standard InChI is InChI=1S/C23H22N2O5/c1-4-27-19-8-6-5-7-17(19)23-24-21(30-25-23)13-28-15-9-10-16-18(14(2)3)12-22(26)29-20(16)11-15/h5-12,14H,4,13H2,1-3H3. The highest BCUT2D eigenvalue weighted by Gasteiger charge is 2.14.